The largest absolute Gasteiger partial charge is 0.344 e. The summed E-state index contributed by atoms with van der Waals surface area (Å²) in [5.41, 5.74) is 0.296. The van der Waals surface area contributed by atoms with Crippen molar-refractivity contribution in [2.24, 2.45) is 0 Å². The maximum absolute atomic E-state index is 13.9. The van der Waals surface area contributed by atoms with Crippen LogP contribution in [0.15, 0.2) is 34.0 Å². The standard InChI is InChI=1S/C16H15F2N5O3S2/c1-10-9-13(24)19-15-23(10)20-16(27-15)21-5-7-22(8-6-21)28(25,26)14-11(17)3-2-4-12(14)18/h2-4,9H,5-8H2,1H3. The van der Waals surface area contributed by atoms with Gasteiger partial charge < -0.3 is 4.90 Å². The minimum atomic E-state index is -4.29. The third-order valence-corrected chi connectivity index (χ3v) is 7.37. The molecule has 0 aliphatic carbocycles. The quantitative estimate of drug-likeness (QED) is 0.625. The van der Waals surface area contributed by atoms with Crippen molar-refractivity contribution in [2.75, 3.05) is 31.1 Å². The highest BCUT2D eigenvalue weighted by Crippen LogP contribution is 2.27. The van der Waals surface area contributed by atoms with Crippen LogP contribution in [0.25, 0.3) is 4.96 Å². The summed E-state index contributed by atoms with van der Waals surface area (Å²) < 4.78 is 55.8. The molecule has 8 nitrogen and oxygen atoms in total. The van der Waals surface area contributed by atoms with Gasteiger partial charge in [-0.1, -0.05) is 17.4 Å². The summed E-state index contributed by atoms with van der Waals surface area (Å²) in [5.74, 6) is -2.22. The van der Waals surface area contributed by atoms with E-state index in [1.54, 1.807) is 11.4 Å². The van der Waals surface area contributed by atoms with Crippen molar-refractivity contribution in [1.82, 2.24) is 18.9 Å². The van der Waals surface area contributed by atoms with Gasteiger partial charge in [0, 0.05) is 37.9 Å². The lowest BCUT2D eigenvalue weighted by molar-refractivity contribution is 0.378. The number of piperazine rings is 1. The van der Waals surface area contributed by atoms with Crippen LogP contribution in [-0.2, 0) is 10.0 Å². The van der Waals surface area contributed by atoms with Gasteiger partial charge in [0.1, 0.15) is 11.6 Å². The molecule has 0 saturated carbocycles. The van der Waals surface area contributed by atoms with Crippen LogP contribution in [0.3, 0.4) is 0 Å². The van der Waals surface area contributed by atoms with E-state index >= 15 is 0 Å². The number of halogens is 2. The molecule has 1 saturated heterocycles. The summed E-state index contributed by atoms with van der Waals surface area (Å²) in [5, 5.41) is 5.02. The Bertz CT molecular complexity index is 1200. The Kier molecular flexibility index (Phi) is 4.63. The van der Waals surface area contributed by atoms with Gasteiger partial charge in [-0.25, -0.2) is 21.7 Å². The molecule has 0 bridgehead atoms. The number of nitrogens with zero attached hydrogens (tertiary/aromatic N) is 5. The predicted octanol–water partition coefficient (Wildman–Crippen LogP) is 1.25. The van der Waals surface area contributed by atoms with Crippen LogP contribution in [0.5, 0.6) is 0 Å². The van der Waals surface area contributed by atoms with E-state index < -0.39 is 26.6 Å². The summed E-state index contributed by atoms with van der Waals surface area (Å²) in [6, 6.07) is 4.34. The Balaban J connectivity index is 1.57. The Morgan fingerprint density at radius 1 is 1.11 bits per heavy atom. The number of anilines is 1. The number of sulfonamides is 1. The van der Waals surface area contributed by atoms with Crippen LogP contribution in [0.4, 0.5) is 13.9 Å². The first-order chi connectivity index (χ1) is 13.3. The first kappa shape index (κ1) is 18.9. The van der Waals surface area contributed by atoms with Crippen molar-refractivity contribution in [3.05, 3.63) is 51.9 Å². The van der Waals surface area contributed by atoms with E-state index in [1.807, 2.05) is 4.90 Å². The fraction of sp³-hybridized carbons (Fsp3) is 0.312. The van der Waals surface area contributed by atoms with E-state index in [9.17, 15) is 22.0 Å². The second kappa shape index (κ2) is 6.87. The number of benzene rings is 1. The molecule has 148 valence electrons. The maximum atomic E-state index is 13.9. The molecule has 0 radical (unpaired) electrons. The van der Waals surface area contributed by atoms with Crippen LogP contribution in [0.2, 0.25) is 0 Å². The van der Waals surface area contributed by atoms with Gasteiger partial charge in [0.05, 0.1) is 0 Å². The van der Waals surface area contributed by atoms with Crippen molar-refractivity contribution in [3.63, 3.8) is 0 Å². The molecule has 0 spiro atoms. The van der Waals surface area contributed by atoms with E-state index in [0.29, 0.717) is 28.9 Å². The molecule has 0 unspecified atom stereocenters. The zero-order chi connectivity index (χ0) is 20.1. The number of hydrogen-bond acceptors (Lipinski definition) is 7. The van der Waals surface area contributed by atoms with Crippen molar-refractivity contribution in [3.8, 4) is 0 Å². The first-order valence-corrected chi connectivity index (χ1v) is 10.6. The number of hydrogen-bond donors (Lipinski definition) is 0. The SMILES string of the molecule is Cc1cc(=O)nc2sc(N3CCN(S(=O)(=O)c4c(F)cccc4F)CC3)nn12. The van der Waals surface area contributed by atoms with Gasteiger partial charge in [-0.15, -0.1) is 5.10 Å². The average Bonchev–Trinajstić information content (AvgIpc) is 3.06. The lowest BCUT2D eigenvalue weighted by Crippen LogP contribution is -2.49. The van der Waals surface area contributed by atoms with Gasteiger partial charge in [-0.3, -0.25) is 4.79 Å². The molecular weight excluding hydrogens is 412 g/mol. The lowest BCUT2D eigenvalue weighted by Gasteiger charge is -2.33. The summed E-state index contributed by atoms with van der Waals surface area (Å²) in [4.78, 5) is 16.8. The molecule has 2 aromatic heterocycles. The van der Waals surface area contributed by atoms with Crippen LogP contribution >= 0.6 is 11.3 Å². The van der Waals surface area contributed by atoms with Gasteiger partial charge in [-0.05, 0) is 19.1 Å². The topological polar surface area (TPSA) is 87.9 Å². The second-order valence-corrected chi connectivity index (χ2v) is 9.07. The van der Waals surface area contributed by atoms with Crippen molar-refractivity contribution in [1.29, 1.82) is 0 Å². The molecule has 28 heavy (non-hydrogen) atoms. The summed E-state index contributed by atoms with van der Waals surface area (Å²) in [7, 11) is -4.29. The van der Waals surface area contributed by atoms with Gasteiger partial charge in [0.15, 0.2) is 4.90 Å². The molecule has 0 amide bonds. The van der Waals surface area contributed by atoms with Crippen LogP contribution < -0.4 is 10.5 Å². The molecule has 3 aromatic rings. The third kappa shape index (κ3) is 3.16. The number of aryl methyl sites for hydroxylation is 1. The van der Waals surface area contributed by atoms with E-state index in [-0.39, 0.29) is 18.6 Å². The Morgan fingerprint density at radius 3 is 2.39 bits per heavy atom. The summed E-state index contributed by atoms with van der Waals surface area (Å²) >= 11 is 1.22. The average molecular weight is 427 g/mol. The number of fused-ring (bicyclic) bond motifs is 1. The minimum Gasteiger partial charge on any atom is -0.344 e. The van der Waals surface area contributed by atoms with Gasteiger partial charge in [-0.2, -0.15) is 9.29 Å². The van der Waals surface area contributed by atoms with E-state index in [4.69, 9.17) is 0 Å². The minimum absolute atomic E-state index is 0.0515. The van der Waals surface area contributed by atoms with Crippen molar-refractivity contribution in [2.45, 2.75) is 11.8 Å². The van der Waals surface area contributed by atoms with Gasteiger partial charge >= 0.3 is 0 Å². The van der Waals surface area contributed by atoms with Crippen molar-refractivity contribution >= 4 is 31.5 Å². The van der Waals surface area contributed by atoms with Crippen LogP contribution in [0.1, 0.15) is 5.69 Å². The molecular formula is C16H15F2N5O3S2. The molecule has 1 aliphatic rings. The second-order valence-electron chi connectivity index (χ2n) is 6.26. The Hall–Kier alpha value is -2.44. The molecule has 0 N–H and O–H groups in total. The Morgan fingerprint density at radius 2 is 1.75 bits per heavy atom. The third-order valence-electron chi connectivity index (χ3n) is 4.45. The molecule has 1 aliphatic heterocycles. The highest BCUT2D eigenvalue weighted by atomic mass is 32.2. The number of rotatable bonds is 3. The van der Waals surface area contributed by atoms with Crippen molar-refractivity contribution < 1.29 is 17.2 Å². The highest BCUT2D eigenvalue weighted by molar-refractivity contribution is 7.89. The predicted molar refractivity (Wildman–Crippen MR) is 99.2 cm³/mol. The molecule has 1 fully saturated rings. The van der Waals surface area contributed by atoms with E-state index in [0.717, 1.165) is 22.5 Å². The normalized spacial score (nSPS) is 16.0. The summed E-state index contributed by atoms with van der Waals surface area (Å²) in [6.07, 6.45) is 0. The zero-order valence-electron chi connectivity index (χ0n) is 14.7. The monoisotopic (exact) mass is 427 g/mol. The van der Waals surface area contributed by atoms with E-state index in [1.165, 1.54) is 17.4 Å². The molecule has 1 aromatic carbocycles. The summed E-state index contributed by atoms with van der Waals surface area (Å²) in [6.45, 7) is 2.43. The maximum Gasteiger partial charge on any atom is 0.274 e. The van der Waals surface area contributed by atoms with E-state index in [2.05, 4.69) is 10.1 Å². The van der Waals surface area contributed by atoms with Gasteiger partial charge in [0.2, 0.25) is 20.1 Å². The van der Waals surface area contributed by atoms with Crippen LogP contribution in [0, 0.1) is 18.6 Å². The van der Waals surface area contributed by atoms with Crippen LogP contribution in [-0.4, -0.2) is 53.5 Å². The molecule has 0 atom stereocenters. The number of aromatic nitrogens is 3. The molecule has 4 rings (SSSR count). The zero-order valence-corrected chi connectivity index (χ0v) is 16.3. The lowest BCUT2D eigenvalue weighted by atomic mass is 10.3. The smallest absolute Gasteiger partial charge is 0.274 e. The van der Waals surface area contributed by atoms with Gasteiger partial charge in [0.25, 0.3) is 5.56 Å². The fourth-order valence-electron chi connectivity index (χ4n) is 3.05. The molecule has 3 heterocycles. The highest BCUT2D eigenvalue weighted by Gasteiger charge is 2.33. The molecule has 12 heteroatoms. The Labute approximate surface area is 162 Å². The fourth-order valence-corrected chi connectivity index (χ4v) is 5.58. The first-order valence-electron chi connectivity index (χ1n) is 8.34.